The fraction of sp³-hybridized carbons (Fsp3) is 0.769. The molecule has 1 fully saturated rings. The molecule has 1 aliphatic carbocycles. The van der Waals surface area contributed by atoms with Gasteiger partial charge >= 0.3 is 0 Å². The Bertz CT molecular complexity index is 328. The molecule has 4 heteroatoms. The van der Waals surface area contributed by atoms with E-state index in [2.05, 4.69) is 5.32 Å². The number of hydrogen-bond acceptors (Lipinski definition) is 3. The normalized spacial score (nSPS) is 20.4. The lowest BCUT2D eigenvalue weighted by Gasteiger charge is -2.17. The van der Waals surface area contributed by atoms with E-state index in [0.29, 0.717) is 6.42 Å². The zero-order valence-corrected chi connectivity index (χ0v) is 10.8. The Morgan fingerprint density at radius 3 is 2.47 bits per heavy atom. The third-order valence-corrected chi connectivity index (χ3v) is 3.03. The molecule has 0 radical (unpaired) electrons. The molecule has 0 aliphatic heterocycles. The molecule has 1 atom stereocenters. The van der Waals surface area contributed by atoms with Gasteiger partial charge in [0.25, 0.3) is 0 Å². The van der Waals surface area contributed by atoms with Gasteiger partial charge in [-0.25, -0.2) is 0 Å². The average Bonchev–Trinajstić information content (AvgIpc) is 2.59. The Hall–Kier alpha value is -1.19. The van der Waals surface area contributed by atoms with Crippen molar-refractivity contribution in [3.8, 4) is 0 Å². The largest absolute Gasteiger partial charge is 0.349 e. The van der Waals surface area contributed by atoms with Crippen molar-refractivity contribution in [2.45, 2.75) is 46.5 Å². The number of Topliss-reactive ketones (excluding diaryl/α,β-unsaturated/α-hetero) is 2. The van der Waals surface area contributed by atoms with Crippen LogP contribution in [0.4, 0.5) is 0 Å². The first-order valence-corrected chi connectivity index (χ1v) is 6.13. The number of rotatable bonds is 4. The van der Waals surface area contributed by atoms with E-state index in [4.69, 9.17) is 0 Å². The first kappa shape index (κ1) is 13.9. The molecular weight excluding hydrogens is 218 g/mol. The first-order chi connectivity index (χ1) is 7.80. The molecule has 1 amide bonds. The molecule has 0 aromatic carbocycles. The van der Waals surface area contributed by atoms with Gasteiger partial charge in [0.2, 0.25) is 5.91 Å². The van der Waals surface area contributed by atoms with E-state index in [0.717, 1.165) is 12.8 Å². The van der Waals surface area contributed by atoms with Crippen molar-refractivity contribution >= 4 is 17.5 Å². The van der Waals surface area contributed by atoms with Crippen LogP contribution in [-0.4, -0.2) is 24.0 Å². The predicted octanol–water partition coefficient (Wildman–Crippen LogP) is 1.48. The van der Waals surface area contributed by atoms with Crippen LogP contribution in [0.15, 0.2) is 0 Å². The van der Waals surface area contributed by atoms with Crippen LogP contribution in [0.2, 0.25) is 0 Å². The summed E-state index contributed by atoms with van der Waals surface area (Å²) in [5.74, 6) is -0.0963. The molecule has 96 valence electrons. The summed E-state index contributed by atoms with van der Waals surface area (Å²) in [6.45, 7) is 5.44. The maximum Gasteiger partial charge on any atom is 0.225 e. The van der Waals surface area contributed by atoms with E-state index in [1.165, 1.54) is 0 Å². The summed E-state index contributed by atoms with van der Waals surface area (Å²) in [5.41, 5.74) is -0.483. The number of carbonyl (C=O) groups excluding carboxylic acids is 3. The molecule has 0 aromatic rings. The van der Waals surface area contributed by atoms with Crippen molar-refractivity contribution < 1.29 is 14.4 Å². The summed E-state index contributed by atoms with van der Waals surface area (Å²) in [6, 6.07) is 0. The van der Waals surface area contributed by atoms with Crippen molar-refractivity contribution in [1.29, 1.82) is 0 Å². The van der Waals surface area contributed by atoms with Crippen molar-refractivity contribution in [2.75, 3.05) is 6.54 Å². The summed E-state index contributed by atoms with van der Waals surface area (Å²) in [5, 5.41) is 2.61. The molecule has 17 heavy (non-hydrogen) atoms. The van der Waals surface area contributed by atoms with Crippen LogP contribution >= 0.6 is 0 Å². The number of ketones is 2. The van der Waals surface area contributed by atoms with Gasteiger partial charge in [0.15, 0.2) is 5.78 Å². The fourth-order valence-electron chi connectivity index (χ4n) is 1.89. The van der Waals surface area contributed by atoms with Gasteiger partial charge in [0.05, 0.1) is 6.54 Å². The lowest BCUT2D eigenvalue weighted by molar-refractivity contribution is -0.131. The van der Waals surface area contributed by atoms with Crippen molar-refractivity contribution in [2.24, 2.45) is 11.3 Å². The molecule has 1 saturated carbocycles. The molecule has 0 aromatic heterocycles. The summed E-state index contributed by atoms with van der Waals surface area (Å²) < 4.78 is 0. The molecule has 0 unspecified atom stereocenters. The average molecular weight is 239 g/mol. The highest BCUT2D eigenvalue weighted by Gasteiger charge is 2.27. The summed E-state index contributed by atoms with van der Waals surface area (Å²) in [4.78, 5) is 34.5. The molecule has 0 heterocycles. The molecule has 0 saturated heterocycles. The second-order valence-electron chi connectivity index (χ2n) is 5.73. The SMILES string of the molecule is CC(C)(C)C(=O)NCC(=O)C[C@H]1CCCC1=O. The van der Waals surface area contributed by atoms with Gasteiger partial charge < -0.3 is 5.32 Å². The van der Waals surface area contributed by atoms with Gasteiger partial charge in [0, 0.05) is 24.2 Å². The number of carbonyl (C=O) groups is 3. The molecule has 1 N–H and O–H groups in total. The highest BCUT2D eigenvalue weighted by atomic mass is 16.2. The minimum absolute atomic E-state index is 0.0416. The minimum atomic E-state index is -0.483. The Morgan fingerprint density at radius 1 is 1.35 bits per heavy atom. The van der Waals surface area contributed by atoms with E-state index < -0.39 is 5.41 Å². The van der Waals surface area contributed by atoms with E-state index in [9.17, 15) is 14.4 Å². The van der Waals surface area contributed by atoms with Gasteiger partial charge in [-0.15, -0.1) is 0 Å². The monoisotopic (exact) mass is 239 g/mol. The van der Waals surface area contributed by atoms with E-state index in [-0.39, 0.29) is 36.4 Å². The summed E-state index contributed by atoms with van der Waals surface area (Å²) in [6.07, 6.45) is 2.60. The highest BCUT2D eigenvalue weighted by Crippen LogP contribution is 2.24. The van der Waals surface area contributed by atoms with Gasteiger partial charge in [-0.3, -0.25) is 14.4 Å². The number of amides is 1. The van der Waals surface area contributed by atoms with Crippen LogP contribution in [0.1, 0.15) is 46.5 Å². The van der Waals surface area contributed by atoms with Crippen LogP contribution in [0.5, 0.6) is 0 Å². The molecular formula is C13H21NO3. The Labute approximate surface area is 102 Å². The van der Waals surface area contributed by atoms with Crippen LogP contribution in [-0.2, 0) is 14.4 Å². The van der Waals surface area contributed by atoms with Gasteiger partial charge in [-0.2, -0.15) is 0 Å². The molecule has 0 spiro atoms. The van der Waals surface area contributed by atoms with Gasteiger partial charge in [-0.1, -0.05) is 20.8 Å². The van der Waals surface area contributed by atoms with E-state index in [1.807, 2.05) is 0 Å². The zero-order chi connectivity index (χ0) is 13.1. The van der Waals surface area contributed by atoms with Crippen molar-refractivity contribution in [3.05, 3.63) is 0 Å². The zero-order valence-electron chi connectivity index (χ0n) is 10.8. The third kappa shape index (κ3) is 4.29. The first-order valence-electron chi connectivity index (χ1n) is 6.13. The molecule has 1 rings (SSSR count). The van der Waals surface area contributed by atoms with E-state index >= 15 is 0 Å². The van der Waals surface area contributed by atoms with Crippen LogP contribution < -0.4 is 5.32 Å². The lowest BCUT2D eigenvalue weighted by Crippen LogP contribution is -2.38. The van der Waals surface area contributed by atoms with Crippen molar-refractivity contribution in [1.82, 2.24) is 5.32 Å². The van der Waals surface area contributed by atoms with Gasteiger partial charge in [-0.05, 0) is 12.8 Å². The maximum atomic E-state index is 11.6. The maximum absolute atomic E-state index is 11.6. The number of hydrogen-bond donors (Lipinski definition) is 1. The smallest absolute Gasteiger partial charge is 0.225 e. The predicted molar refractivity (Wildman–Crippen MR) is 64.4 cm³/mol. The second-order valence-corrected chi connectivity index (χ2v) is 5.73. The third-order valence-electron chi connectivity index (χ3n) is 3.03. The summed E-state index contributed by atoms with van der Waals surface area (Å²) >= 11 is 0. The second kappa shape index (κ2) is 5.43. The summed E-state index contributed by atoms with van der Waals surface area (Å²) in [7, 11) is 0. The van der Waals surface area contributed by atoms with Crippen LogP contribution in [0, 0.1) is 11.3 Å². The molecule has 4 nitrogen and oxygen atoms in total. The Balaban J connectivity index is 2.31. The standard InChI is InChI=1S/C13H21NO3/c1-13(2,3)12(17)14-8-10(15)7-9-5-4-6-11(9)16/h9H,4-8H2,1-3H3,(H,14,17)/t9-/m1/s1. The van der Waals surface area contributed by atoms with Crippen molar-refractivity contribution in [3.63, 3.8) is 0 Å². The lowest BCUT2D eigenvalue weighted by atomic mass is 9.95. The Kier molecular flexibility index (Phi) is 4.43. The van der Waals surface area contributed by atoms with Gasteiger partial charge in [0.1, 0.15) is 5.78 Å². The molecule has 0 bridgehead atoms. The minimum Gasteiger partial charge on any atom is -0.349 e. The van der Waals surface area contributed by atoms with Crippen LogP contribution in [0.3, 0.4) is 0 Å². The van der Waals surface area contributed by atoms with Crippen LogP contribution in [0.25, 0.3) is 0 Å². The topological polar surface area (TPSA) is 63.2 Å². The quantitative estimate of drug-likeness (QED) is 0.808. The fourth-order valence-corrected chi connectivity index (χ4v) is 1.89. The molecule has 1 aliphatic rings. The number of nitrogens with one attached hydrogen (secondary N) is 1. The Morgan fingerprint density at radius 2 is 2.00 bits per heavy atom. The van der Waals surface area contributed by atoms with E-state index in [1.54, 1.807) is 20.8 Å². The highest BCUT2D eigenvalue weighted by molar-refractivity contribution is 5.92.